The molecule has 0 saturated carbocycles. The topological polar surface area (TPSA) is 6.48 Å². The van der Waals surface area contributed by atoms with Gasteiger partial charge in [0.1, 0.15) is 0 Å². The molecule has 0 aromatic rings. The third-order valence-corrected chi connectivity index (χ3v) is 6.09. The van der Waals surface area contributed by atoms with Gasteiger partial charge < -0.3 is 9.80 Å². The first-order valence-electron chi connectivity index (χ1n) is 8.49. The summed E-state index contributed by atoms with van der Waals surface area (Å²) in [6.45, 7) is 15.1. The highest BCUT2D eigenvalue weighted by Crippen LogP contribution is 2.30. The van der Waals surface area contributed by atoms with Gasteiger partial charge in [0.25, 0.3) is 0 Å². The van der Waals surface area contributed by atoms with E-state index >= 15 is 0 Å². The van der Waals surface area contributed by atoms with Crippen molar-refractivity contribution >= 4 is 15.9 Å². The minimum atomic E-state index is 0.413. The smallest absolute Gasteiger partial charge is 0.00768 e. The first-order valence-corrected chi connectivity index (χ1v) is 9.62. The zero-order valence-corrected chi connectivity index (χ0v) is 15.3. The molecule has 1 unspecified atom stereocenters. The molecule has 2 fully saturated rings. The Bertz CT molecular complexity index is 273. The molecule has 2 saturated heterocycles. The molecule has 0 aromatic heterocycles. The Hall–Kier alpha value is 0.400. The number of likely N-dealkylation sites (tertiary alicyclic amines) is 2. The Balaban J connectivity index is 1.70. The summed E-state index contributed by atoms with van der Waals surface area (Å²) in [5.41, 5.74) is 0.413. The molecular formula is C17H33BrN2. The molecule has 2 nitrogen and oxygen atoms in total. The van der Waals surface area contributed by atoms with Crippen LogP contribution in [0.25, 0.3) is 0 Å². The van der Waals surface area contributed by atoms with E-state index in [1.807, 2.05) is 0 Å². The van der Waals surface area contributed by atoms with E-state index in [2.05, 4.69) is 46.5 Å². The SMILES string of the molecule is CC(C)(C)C(CBr)CN1CCC(CN2CCCC2)CC1. The first kappa shape index (κ1) is 16.8. The van der Waals surface area contributed by atoms with E-state index in [-0.39, 0.29) is 0 Å². The van der Waals surface area contributed by atoms with Crippen molar-refractivity contribution < 1.29 is 0 Å². The van der Waals surface area contributed by atoms with Gasteiger partial charge in [0.2, 0.25) is 0 Å². The second-order valence-electron chi connectivity index (χ2n) is 7.97. The van der Waals surface area contributed by atoms with Crippen LogP contribution in [0.2, 0.25) is 0 Å². The number of alkyl halides is 1. The van der Waals surface area contributed by atoms with Crippen molar-refractivity contribution in [2.45, 2.75) is 46.5 Å². The largest absolute Gasteiger partial charge is 0.303 e. The molecule has 0 spiro atoms. The van der Waals surface area contributed by atoms with Gasteiger partial charge in [0, 0.05) is 18.4 Å². The molecule has 0 N–H and O–H groups in total. The number of rotatable bonds is 5. The summed E-state index contributed by atoms with van der Waals surface area (Å²) >= 11 is 3.72. The standard InChI is InChI=1S/C17H33BrN2/c1-17(2,3)16(12-18)14-20-10-6-15(7-11-20)13-19-8-4-5-9-19/h15-16H,4-14H2,1-3H3. The fourth-order valence-corrected chi connectivity index (χ4v) is 4.72. The minimum absolute atomic E-state index is 0.413. The van der Waals surface area contributed by atoms with Crippen LogP contribution in [0.4, 0.5) is 0 Å². The molecule has 2 aliphatic rings. The van der Waals surface area contributed by atoms with Gasteiger partial charge in [-0.25, -0.2) is 0 Å². The van der Waals surface area contributed by atoms with Crippen molar-refractivity contribution in [2.24, 2.45) is 17.3 Å². The number of hydrogen-bond acceptors (Lipinski definition) is 2. The van der Waals surface area contributed by atoms with Crippen LogP contribution in [-0.4, -0.2) is 54.4 Å². The molecule has 0 aliphatic carbocycles. The van der Waals surface area contributed by atoms with Crippen molar-refractivity contribution in [2.75, 3.05) is 44.6 Å². The minimum Gasteiger partial charge on any atom is -0.303 e. The quantitative estimate of drug-likeness (QED) is 0.699. The maximum absolute atomic E-state index is 3.72. The lowest BCUT2D eigenvalue weighted by molar-refractivity contribution is 0.113. The molecule has 0 radical (unpaired) electrons. The zero-order valence-electron chi connectivity index (χ0n) is 13.7. The van der Waals surface area contributed by atoms with Crippen molar-refractivity contribution in [1.82, 2.24) is 9.80 Å². The summed E-state index contributed by atoms with van der Waals surface area (Å²) < 4.78 is 0. The Morgan fingerprint density at radius 2 is 1.60 bits per heavy atom. The normalized spacial score (nSPS) is 25.2. The average molecular weight is 345 g/mol. The van der Waals surface area contributed by atoms with Crippen molar-refractivity contribution in [3.8, 4) is 0 Å². The highest BCUT2D eigenvalue weighted by molar-refractivity contribution is 9.09. The maximum Gasteiger partial charge on any atom is 0.00768 e. The lowest BCUT2D eigenvalue weighted by atomic mass is 9.81. The van der Waals surface area contributed by atoms with Crippen LogP contribution in [0, 0.1) is 17.3 Å². The molecule has 0 amide bonds. The summed E-state index contributed by atoms with van der Waals surface area (Å²) in [7, 11) is 0. The number of piperidine rings is 1. The molecule has 2 heterocycles. The van der Waals surface area contributed by atoms with E-state index < -0.39 is 0 Å². The fraction of sp³-hybridized carbons (Fsp3) is 1.00. The Morgan fingerprint density at radius 1 is 1.00 bits per heavy atom. The summed E-state index contributed by atoms with van der Waals surface area (Å²) in [6, 6.07) is 0. The predicted molar refractivity (Wildman–Crippen MR) is 91.6 cm³/mol. The van der Waals surface area contributed by atoms with Gasteiger partial charge >= 0.3 is 0 Å². The molecule has 0 aromatic carbocycles. The fourth-order valence-electron chi connectivity index (χ4n) is 3.55. The van der Waals surface area contributed by atoms with Gasteiger partial charge in [-0.1, -0.05) is 36.7 Å². The van der Waals surface area contributed by atoms with E-state index in [1.54, 1.807) is 0 Å². The van der Waals surface area contributed by atoms with E-state index in [0.29, 0.717) is 5.41 Å². The van der Waals surface area contributed by atoms with Crippen LogP contribution in [-0.2, 0) is 0 Å². The van der Waals surface area contributed by atoms with Crippen LogP contribution in [0.15, 0.2) is 0 Å². The maximum atomic E-state index is 3.72. The zero-order chi connectivity index (χ0) is 14.6. The van der Waals surface area contributed by atoms with Gasteiger partial charge in [0.15, 0.2) is 0 Å². The summed E-state index contributed by atoms with van der Waals surface area (Å²) in [5.74, 6) is 1.72. The number of nitrogens with zero attached hydrogens (tertiary/aromatic N) is 2. The second-order valence-corrected chi connectivity index (χ2v) is 8.62. The number of halogens is 1. The van der Waals surface area contributed by atoms with Gasteiger partial charge in [-0.2, -0.15) is 0 Å². The monoisotopic (exact) mass is 344 g/mol. The third kappa shape index (κ3) is 4.99. The Kier molecular flexibility index (Phi) is 6.37. The molecule has 2 aliphatic heterocycles. The molecule has 3 heteroatoms. The van der Waals surface area contributed by atoms with Crippen LogP contribution >= 0.6 is 15.9 Å². The predicted octanol–water partition coefficient (Wildman–Crippen LogP) is 3.85. The molecular weight excluding hydrogens is 312 g/mol. The molecule has 1 atom stereocenters. The van der Waals surface area contributed by atoms with E-state index in [4.69, 9.17) is 0 Å². The average Bonchev–Trinajstić information content (AvgIpc) is 2.89. The van der Waals surface area contributed by atoms with Crippen LogP contribution in [0.5, 0.6) is 0 Å². The number of hydrogen-bond donors (Lipinski definition) is 0. The lowest BCUT2D eigenvalue weighted by Crippen LogP contribution is -2.42. The highest BCUT2D eigenvalue weighted by atomic mass is 79.9. The van der Waals surface area contributed by atoms with Crippen LogP contribution in [0.3, 0.4) is 0 Å². The molecule has 2 rings (SSSR count). The van der Waals surface area contributed by atoms with Gasteiger partial charge in [0.05, 0.1) is 0 Å². The van der Waals surface area contributed by atoms with Crippen LogP contribution in [0.1, 0.15) is 46.5 Å². The second kappa shape index (κ2) is 7.60. The van der Waals surface area contributed by atoms with Crippen molar-refractivity contribution in [3.05, 3.63) is 0 Å². The Morgan fingerprint density at radius 3 is 2.10 bits per heavy atom. The molecule has 20 heavy (non-hydrogen) atoms. The van der Waals surface area contributed by atoms with E-state index in [1.165, 1.54) is 65.0 Å². The van der Waals surface area contributed by atoms with Crippen LogP contribution < -0.4 is 0 Å². The van der Waals surface area contributed by atoms with E-state index in [0.717, 1.165) is 17.2 Å². The van der Waals surface area contributed by atoms with Gasteiger partial charge in [-0.3, -0.25) is 0 Å². The third-order valence-electron chi connectivity index (χ3n) is 5.31. The molecule has 0 bridgehead atoms. The molecule has 118 valence electrons. The highest BCUT2D eigenvalue weighted by Gasteiger charge is 2.28. The van der Waals surface area contributed by atoms with E-state index in [9.17, 15) is 0 Å². The summed E-state index contributed by atoms with van der Waals surface area (Å²) in [4.78, 5) is 5.40. The van der Waals surface area contributed by atoms with Crippen molar-refractivity contribution in [1.29, 1.82) is 0 Å². The van der Waals surface area contributed by atoms with Gasteiger partial charge in [-0.05, 0) is 69.1 Å². The van der Waals surface area contributed by atoms with Crippen molar-refractivity contribution in [3.63, 3.8) is 0 Å². The first-order chi connectivity index (χ1) is 9.49. The Labute approximate surface area is 134 Å². The summed E-state index contributed by atoms with van der Waals surface area (Å²) in [5, 5.41) is 1.13. The summed E-state index contributed by atoms with van der Waals surface area (Å²) in [6.07, 6.45) is 5.68. The van der Waals surface area contributed by atoms with Gasteiger partial charge in [-0.15, -0.1) is 0 Å². The lowest BCUT2D eigenvalue weighted by Gasteiger charge is -2.38.